The van der Waals surface area contributed by atoms with Crippen molar-refractivity contribution < 1.29 is 119 Å². The Morgan fingerprint density at radius 1 is 0.404 bits per heavy atom. The average molecular weight is 1560 g/mol. The number of hydrogen-bond donors (Lipinski definition) is 0. The predicted molar refractivity (Wildman–Crippen MR) is 413 cm³/mol. The van der Waals surface area contributed by atoms with Crippen LogP contribution >= 0.6 is 0 Å². The Labute approximate surface area is 654 Å². The van der Waals surface area contributed by atoms with Gasteiger partial charge in [0.15, 0.2) is 12.2 Å². The third-order valence-electron chi connectivity index (χ3n) is 25.1. The van der Waals surface area contributed by atoms with E-state index < -0.39 is 69.5 Å². The summed E-state index contributed by atoms with van der Waals surface area (Å²) < 4.78 is 69.5. The second kappa shape index (κ2) is 39.4. The molecule has 9 aliphatic heterocycles. The molecular weight excluding hydrogens is 1410 g/mol. The van der Waals surface area contributed by atoms with Crippen LogP contribution in [0.1, 0.15) is 282 Å². The van der Waals surface area contributed by atoms with Gasteiger partial charge in [0.05, 0.1) is 82.9 Å². The van der Waals surface area contributed by atoms with Crippen LogP contribution in [0.3, 0.4) is 0 Å². The fraction of sp³-hybridized carbons (Fsp3) is 0.857. The fourth-order valence-electron chi connectivity index (χ4n) is 16.5. The molecule has 24 atom stereocenters. The largest absolute Gasteiger partial charge is 0.469 e. The molecule has 0 aromatic carbocycles. The lowest BCUT2D eigenvalue weighted by Crippen LogP contribution is -2.57. The second-order valence-corrected chi connectivity index (χ2v) is 33.2. The Bertz CT molecular complexity index is 3060. The number of methoxy groups -OCH3 is 2. The summed E-state index contributed by atoms with van der Waals surface area (Å²) in [6.45, 7) is 31.7. The number of hydrogen-bond acceptors (Lipinski definition) is 25. The van der Waals surface area contributed by atoms with Crippen molar-refractivity contribution >= 4 is 71.6 Å². The lowest BCUT2D eigenvalue weighted by molar-refractivity contribution is -0.221. The van der Waals surface area contributed by atoms with Gasteiger partial charge in [0.1, 0.15) is 54.4 Å². The number of esters is 12. The number of fused-ring (bicyclic) bond motifs is 7. The van der Waals surface area contributed by atoms with E-state index in [0.717, 1.165) is 57.8 Å². The van der Waals surface area contributed by atoms with E-state index in [9.17, 15) is 57.5 Å². The zero-order chi connectivity index (χ0) is 73.3. The molecule has 9 heterocycles. The minimum Gasteiger partial charge on any atom is -0.469 e. The summed E-state index contributed by atoms with van der Waals surface area (Å²) >= 11 is 0. The molecule has 0 N–H and O–H groups in total. The first-order valence-corrected chi connectivity index (χ1v) is 36.1. The van der Waals surface area contributed by atoms with Gasteiger partial charge in [-0.25, -0.2) is 0 Å². The van der Waals surface area contributed by atoms with E-state index in [4.69, 9.17) is 56.8 Å². The van der Waals surface area contributed by atoms with E-state index >= 15 is 0 Å². The fourth-order valence-corrected chi connectivity index (χ4v) is 16.5. The molecule has 0 aromatic rings. The summed E-state index contributed by atoms with van der Waals surface area (Å²) in [5.41, 5.74) is -2.96. The van der Waals surface area contributed by atoms with Gasteiger partial charge in [-0.05, 0) is 160 Å². The minimum absolute atomic E-state index is 0. The lowest BCUT2D eigenvalue weighted by atomic mass is 9.74. The van der Waals surface area contributed by atoms with Gasteiger partial charge in [-0.2, -0.15) is 0 Å². The molecule has 109 heavy (non-hydrogen) atoms. The molecule has 0 aromatic heterocycles. The first-order valence-electron chi connectivity index (χ1n) is 36.1. The van der Waals surface area contributed by atoms with Gasteiger partial charge in [-0.3, -0.25) is 57.5 Å². The molecule has 25 nitrogen and oxygen atoms in total. The first kappa shape index (κ1) is 105. The van der Waals surface area contributed by atoms with Crippen molar-refractivity contribution in [2.45, 2.75) is 355 Å². The van der Waals surface area contributed by atoms with Crippen LogP contribution in [-0.2, 0) is 119 Å². The number of rotatable bonds is 16. The van der Waals surface area contributed by atoms with Gasteiger partial charge in [0.25, 0.3) is 0 Å². The van der Waals surface area contributed by atoms with E-state index in [1.165, 1.54) is 21.1 Å². The van der Waals surface area contributed by atoms with E-state index in [1.54, 1.807) is 0 Å². The highest BCUT2D eigenvalue weighted by atomic mass is 16.7. The van der Waals surface area contributed by atoms with Crippen LogP contribution in [0.4, 0.5) is 0 Å². The molecule has 0 radical (unpaired) electrons. The number of ether oxygens (including phenoxy) is 13. The molecular formula is C84H148O25. The van der Waals surface area contributed by atoms with Gasteiger partial charge in [0, 0.05) is 48.9 Å². The maximum atomic E-state index is 12.4. The second-order valence-electron chi connectivity index (χ2n) is 33.2. The molecule has 0 amide bonds. The number of carbonyl (C=O) groups is 12. The zero-order valence-corrected chi connectivity index (χ0v) is 61.4. The van der Waals surface area contributed by atoms with Crippen molar-refractivity contribution in [3.05, 3.63) is 0 Å². The molecule has 16 rings (SSSR count). The Hall–Kier alpha value is -6.40. The lowest BCUT2D eigenvalue weighted by Gasteiger charge is -2.48. The highest BCUT2D eigenvalue weighted by molar-refractivity contribution is 5.87. The molecule has 7 saturated carbocycles. The quantitative estimate of drug-likeness (QED) is 0.102. The van der Waals surface area contributed by atoms with Crippen molar-refractivity contribution in [2.24, 2.45) is 98.1 Å². The molecule has 16 aliphatic rings. The first-order chi connectivity index (χ1) is 46.2. The van der Waals surface area contributed by atoms with Crippen LogP contribution in [0.25, 0.3) is 0 Å². The molecule has 0 spiro atoms. The van der Waals surface area contributed by atoms with Gasteiger partial charge >= 0.3 is 71.6 Å². The van der Waals surface area contributed by atoms with E-state index in [0.29, 0.717) is 49.9 Å². The normalized spacial score (nSPS) is 34.3. The van der Waals surface area contributed by atoms with E-state index in [-0.39, 0.29) is 229 Å². The van der Waals surface area contributed by atoms with Crippen LogP contribution in [0.2, 0.25) is 0 Å². The van der Waals surface area contributed by atoms with Crippen molar-refractivity contribution in [3.8, 4) is 0 Å². The third kappa shape index (κ3) is 20.2. The minimum atomic E-state index is -0.620. The maximum absolute atomic E-state index is 12.4. The highest BCUT2D eigenvalue weighted by Gasteiger charge is 2.71. The van der Waals surface area contributed by atoms with Gasteiger partial charge in [-0.15, -0.1) is 0 Å². The summed E-state index contributed by atoms with van der Waals surface area (Å²) in [4.78, 5) is 141. The van der Waals surface area contributed by atoms with Crippen LogP contribution in [-0.4, -0.2) is 159 Å². The van der Waals surface area contributed by atoms with Crippen LogP contribution in [0.15, 0.2) is 0 Å². The van der Waals surface area contributed by atoms with Gasteiger partial charge in [-0.1, -0.05) is 109 Å². The summed E-state index contributed by atoms with van der Waals surface area (Å²) in [5, 5.41) is 0. The molecule has 16 fully saturated rings. The monoisotopic (exact) mass is 1560 g/mol. The average Bonchev–Trinajstić information content (AvgIpc) is 1.57. The third-order valence-corrected chi connectivity index (χ3v) is 25.1. The molecule has 7 aliphatic carbocycles. The van der Waals surface area contributed by atoms with E-state index in [1.807, 2.05) is 111 Å². The number of carbonyl (C=O) groups excluding carboxylic acids is 12. The Balaban J connectivity index is 0. The van der Waals surface area contributed by atoms with Crippen LogP contribution in [0, 0.1) is 98.1 Å². The molecule has 9 saturated heterocycles. The molecule has 24 unspecified atom stereocenters. The standard InChI is InChI=1S/C16H22O6.C14H20O4.C14H22O4.C13H18O5.C10H12O4.C7H14O2.10CH4/c1-5-16(2,3)15(19)22-12-7-6-8-10(9(7)13(17)20-4)14(18)21-11(8)12;1-4-14(2,3)13(16)18-11-8-5-7-6-9(8)12(15)17-10(7)11;1-5-13(2,3)12(16)17-10-8-9-6-7-14(10,4)18-11(9)15;1-4-13(2,3)12(15)18-9-7-5-6-8(16-7)10(9)17-11(6)14;1-4(11)13-8-5-2-6-7(3-5)10(12)14-9(6)8;1-5-7(2,3)6(8)9-4;;;;;;;;;;/h7-12H,5-6H2,1-4H3;7-11H,4-6H2,1-3H3;9-10H,5-8H2,1-4H3;6-10H,4-5H2,1-3H3;5-9H,2-3H2,1H3;5H2,1-4H3;10*1H4. The molecule has 12 bridgehead atoms. The SMILES string of the molecule is C.C.C.C.C.C.C.C.C.C.CC(=O)OC1C2CC3C(=O)OC1C3C2.CCC(C)(C)C(=O)OC.CCC(C)(C)C(=O)OC1C2CC3C(=O)OC1C3O2.CCC(C)(C)C(=O)OC1C2CC3C1OC(=O)C3C2C(=O)OC.CCC(C)(C)C(=O)OC1C2CC3CC2C(=O)OC31.CCC(C)(C)C(=O)OC1CC2CCC1(C)OC2=O. The smallest absolute Gasteiger partial charge is 0.312 e. The Morgan fingerprint density at radius 3 is 1.27 bits per heavy atom. The predicted octanol–water partition coefficient (Wildman–Crippen LogP) is 15.2. The van der Waals surface area contributed by atoms with Crippen molar-refractivity contribution in [2.75, 3.05) is 14.2 Å². The highest BCUT2D eigenvalue weighted by Crippen LogP contribution is 2.60. The van der Waals surface area contributed by atoms with Crippen molar-refractivity contribution in [1.29, 1.82) is 0 Å². The van der Waals surface area contributed by atoms with E-state index in [2.05, 4.69) is 4.74 Å². The summed E-state index contributed by atoms with van der Waals surface area (Å²) in [6.07, 6.45) is 7.85. The van der Waals surface area contributed by atoms with Crippen LogP contribution in [0.5, 0.6) is 0 Å². The summed E-state index contributed by atoms with van der Waals surface area (Å²) in [5.74, 6) is -2.68. The summed E-state index contributed by atoms with van der Waals surface area (Å²) in [7, 11) is 2.73. The van der Waals surface area contributed by atoms with Crippen LogP contribution < -0.4 is 0 Å². The maximum Gasteiger partial charge on any atom is 0.312 e. The van der Waals surface area contributed by atoms with Crippen molar-refractivity contribution in [3.63, 3.8) is 0 Å². The van der Waals surface area contributed by atoms with Gasteiger partial charge < -0.3 is 61.6 Å². The summed E-state index contributed by atoms with van der Waals surface area (Å²) in [6, 6.07) is 0. The Kier molecular flexibility index (Phi) is 37.8. The van der Waals surface area contributed by atoms with Crippen molar-refractivity contribution in [1.82, 2.24) is 0 Å². The molecule has 25 heteroatoms. The zero-order valence-electron chi connectivity index (χ0n) is 61.4. The Morgan fingerprint density at radius 2 is 0.817 bits per heavy atom. The van der Waals surface area contributed by atoms with Gasteiger partial charge in [0.2, 0.25) is 0 Å². The topological polar surface area (TPSA) is 325 Å². The molecule has 634 valence electrons.